The lowest BCUT2D eigenvalue weighted by Gasteiger charge is -2.18. The molecule has 0 N–H and O–H groups in total. The Balaban J connectivity index is 2.71. The maximum Gasteiger partial charge on any atom is 0.337 e. The first-order chi connectivity index (χ1) is 22.7. The molecule has 0 saturated carbocycles. The molecule has 2 heteroatoms. The van der Waals surface area contributed by atoms with Crippen molar-refractivity contribution in [3.63, 3.8) is 0 Å². The Morgan fingerprint density at radius 2 is 0.674 bits per heavy atom. The Bertz CT molecular complexity index is 767. The normalized spacial score (nSPS) is 11.4. The molecule has 0 radical (unpaired) electrons. The molecule has 0 aliphatic heterocycles. The molecule has 1 aromatic rings. The molecular formula is C44H80O2. The third-order valence-electron chi connectivity index (χ3n) is 10.2. The summed E-state index contributed by atoms with van der Waals surface area (Å²) < 4.78 is 5.22. The Morgan fingerprint density at radius 3 is 0.957 bits per heavy atom. The number of carbonyl (C=O) groups is 1. The van der Waals surface area contributed by atoms with E-state index in [4.69, 9.17) is 4.74 Å². The van der Waals surface area contributed by atoms with E-state index in [0.29, 0.717) is 0 Å². The van der Waals surface area contributed by atoms with E-state index < -0.39 is 0 Å². The fourth-order valence-electron chi connectivity index (χ4n) is 7.20. The van der Waals surface area contributed by atoms with Gasteiger partial charge in [0.1, 0.15) is 0 Å². The number of hydrogen-bond donors (Lipinski definition) is 0. The fraction of sp³-hybridized carbons (Fsp3) is 0.841. The number of hydrogen-bond acceptors (Lipinski definition) is 2. The van der Waals surface area contributed by atoms with Crippen LogP contribution in [0.25, 0.3) is 0 Å². The van der Waals surface area contributed by atoms with Crippen LogP contribution in [0.2, 0.25) is 0 Å². The van der Waals surface area contributed by atoms with Gasteiger partial charge in [0.05, 0.1) is 12.7 Å². The van der Waals surface area contributed by atoms with Crippen LogP contribution >= 0.6 is 0 Å². The second-order valence-corrected chi connectivity index (χ2v) is 14.6. The molecule has 0 heterocycles. The summed E-state index contributed by atoms with van der Waals surface area (Å²) in [4.78, 5) is 12.7. The van der Waals surface area contributed by atoms with Crippen molar-refractivity contribution < 1.29 is 9.53 Å². The van der Waals surface area contributed by atoms with Crippen LogP contribution in [0.15, 0.2) is 12.1 Å². The van der Waals surface area contributed by atoms with E-state index in [1.165, 1.54) is 217 Å². The highest BCUT2D eigenvalue weighted by Crippen LogP contribution is 2.26. The van der Waals surface area contributed by atoms with Gasteiger partial charge in [0.25, 0.3) is 0 Å². The molecule has 0 aliphatic carbocycles. The van der Waals surface area contributed by atoms with Crippen LogP contribution in [0, 0.1) is 0 Å². The second kappa shape index (κ2) is 32.2. The van der Waals surface area contributed by atoms with Gasteiger partial charge in [-0.05, 0) is 67.3 Å². The Kier molecular flexibility index (Phi) is 29.9. The van der Waals surface area contributed by atoms with Gasteiger partial charge >= 0.3 is 5.97 Å². The second-order valence-electron chi connectivity index (χ2n) is 14.6. The highest BCUT2D eigenvalue weighted by molar-refractivity contribution is 5.90. The van der Waals surface area contributed by atoms with Gasteiger partial charge in [0.2, 0.25) is 0 Å². The van der Waals surface area contributed by atoms with Gasteiger partial charge in [-0.1, -0.05) is 194 Å². The summed E-state index contributed by atoms with van der Waals surface area (Å²) in [6.07, 6.45) is 44.5. The number of benzene rings is 1. The molecule has 0 fully saturated rings. The molecule has 0 aliphatic rings. The molecule has 0 aromatic heterocycles. The smallest absolute Gasteiger partial charge is 0.337 e. The topological polar surface area (TPSA) is 26.3 Å². The monoisotopic (exact) mass is 641 g/mol. The highest BCUT2D eigenvalue weighted by atomic mass is 16.5. The van der Waals surface area contributed by atoms with Crippen molar-refractivity contribution in [3.8, 4) is 0 Å². The highest BCUT2D eigenvalue weighted by Gasteiger charge is 2.15. The summed E-state index contributed by atoms with van der Waals surface area (Å²) in [5, 5.41) is 0. The van der Waals surface area contributed by atoms with Gasteiger partial charge in [-0.2, -0.15) is 0 Å². The van der Waals surface area contributed by atoms with Gasteiger partial charge in [-0.25, -0.2) is 4.79 Å². The van der Waals surface area contributed by atoms with Crippen LogP contribution < -0.4 is 0 Å². The van der Waals surface area contributed by atoms with Crippen LogP contribution in [0.1, 0.15) is 240 Å². The molecule has 0 atom stereocenters. The molecule has 2 nitrogen and oxygen atoms in total. The zero-order chi connectivity index (χ0) is 33.3. The minimum absolute atomic E-state index is 0.167. The first-order valence-corrected chi connectivity index (χ1v) is 20.9. The number of unbranched alkanes of at least 4 members (excludes halogenated alkanes) is 27. The van der Waals surface area contributed by atoms with Crippen LogP contribution in [-0.2, 0) is 24.0 Å². The van der Waals surface area contributed by atoms with Crippen molar-refractivity contribution in [2.45, 2.75) is 233 Å². The maximum atomic E-state index is 12.7. The van der Waals surface area contributed by atoms with Crippen molar-refractivity contribution in [1.29, 1.82) is 0 Å². The number of carbonyl (C=O) groups excluding carboxylic acids is 1. The lowest BCUT2D eigenvalue weighted by molar-refractivity contribution is 0.0600. The number of aryl methyl sites for hydroxylation is 2. The molecule has 0 unspecified atom stereocenters. The van der Waals surface area contributed by atoms with E-state index in [0.717, 1.165) is 18.4 Å². The van der Waals surface area contributed by atoms with E-state index in [9.17, 15) is 4.79 Å². The van der Waals surface area contributed by atoms with E-state index in [1.54, 1.807) is 5.56 Å². The molecule has 1 aromatic carbocycles. The lowest BCUT2D eigenvalue weighted by atomic mass is 9.88. The molecule has 1 rings (SSSR count). The maximum absolute atomic E-state index is 12.7. The molecule has 0 bridgehead atoms. The van der Waals surface area contributed by atoms with Crippen LogP contribution in [-0.4, -0.2) is 13.1 Å². The summed E-state index contributed by atoms with van der Waals surface area (Å²) in [5.41, 5.74) is 5.25. The Labute approximate surface area is 289 Å². The molecule has 0 spiro atoms. The van der Waals surface area contributed by atoms with E-state index >= 15 is 0 Å². The quantitative estimate of drug-likeness (QED) is 0.0553. The van der Waals surface area contributed by atoms with Crippen LogP contribution in [0.3, 0.4) is 0 Å². The largest absolute Gasteiger partial charge is 0.465 e. The first kappa shape index (κ1) is 42.7. The standard InChI is InChI=1S/C44H80O2/c1-5-8-11-14-17-20-23-26-29-32-35-40-38-42(44(45)46-4)39-41(36-33-30-27-24-21-18-15-12-9-6-2)43(40)37-34-31-28-25-22-19-16-13-10-7-3/h38-39H,5-37H2,1-4H3. The first-order valence-electron chi connectivity index (χ1n) is 20.9. The van der Waals surface area contributed by atoms with Crippen molar-refractivity contribution in [2.75, 3.05) is 7.11 Å². The summed E-state index contributed by atoms with van der Waals surface area (Å²) >= 11 is 0. The molecule has 0 amide bonds. The minimum Gasteiger partial charge on any atom is -0.465 e. The zero-order valence-electron chi connectivity index (χ0n) is 31.8. The van der Waals surface area contributed by atoms with Crippen molar-refractivity contribution in [3.05, 3.63) is 34.4 Å². The predicted octanol–water partition coefficient (Wildman–Crippen LogP) is 14.9. The van der Waals surface area contributed by atoms with Crippen LogP contribution in [0.4, 0.5) is 0 Å². The summed E-state index contributed by atoms with van der Waals surface area (Å²) in [6, 6.07) is 4.40. The zero-order valence-corrected chi connectivity index (χ0v) is 31.8. The summed E-state index contributed by atoms with van der Waals surface area (Å²) in [6.45, 7) is 6.89. The average molecular weight is 641 g/mol. The van der Waals surface area contributed by atoms with E-state index in [-0.39, 0.29) is 5.97 Å². The number of rotatable bonds is 34. The summed E-state index contributed by atoms with van der Waals surface area (Å²) in [5.74, 6) is -0.167. The Morgan fingerprint density at radius 1 is 0.413 bits per heavy atom. The van der Waals surface area contributed by atoms with Crippen molar-refractivity contribution in [1.82, 2.24) is 0 Å². The van der Waals surface area contributed by atoms with E-state index in [2.05, 4.69) is 32.9 Å². The lowest BCUT2D eigenvalue weighted by Crippen LogP contribution is -2.08. The van der Waals surface area contributed by atoms with Crippen molar-refractivity contribution >= 4 is 5.97 Å². The van der Waals surface area contributed by atoms with Gasteiger partial charge in [0, 0.05) is 0 Å². The molecule has 0 saturated heterocycles. The van der Waals surface area contributed by atoms with Gasteiger partial charge in [-0.3, -0.25) is 0 Å². The van der Waals surface area contributed by atoms with Crippen molar-refractivity contribution in [2.24, 2.45) is 0 Å². The van der Waals surface area contributed by atoms with Gasteiger partial charge < -0.3 is 4.74 Å². The van der Waals surface area contributed by atoms with Gasteiger partial charge in [0.15, 0.2) is 0 Å². The third kappa shape index (κ3) is 23.1. The minimum atomic E-state index is -0.167. The SMILES string of the molecule is CCCCCCCCCCCCc1cc(C(=O)OC)cc(CCCCCCCCCCCC)c1CCCCCCCCCCCC. The number of esters is 1. The molecular weight excluding hydrogens is 560 g/mol. The Hall–Kier alpha value is -1.31. The average Bonchev–Trinajstić information content (AvgIpc) is 3.07. The van der Waals surface area contributed by atoms with Gasteiger partial charge in [-0.15, -0.1) is 0 Å². The van der Waals surface area contributed by atoms with E-state index in [1.807, 2.05) is 0 Å². The fourth-order valence-corrected chi connectivity index (χ4v) is 7.20. The predicted molar refractivity (Wildman–Crippen MR) is 204 cm³/mol. The number of ether oxygens (including phenoxy) is 1. The third-order valence-corrected chi connectivity index (χ3v) is 10.2. The van der Waals surface area contributed by atoms with Crippen LogP contribution in [0.5, 0.6) is 0 Å². The summed E-state index contributed by atoms with van der Waals surface area (Å²) in [7, 11) is 1.53. The molecule has 46 heavy (non-hydrogen) atoms. The number of methoxy groups -OCH3 is 1. The molecule has 268 valence electrons.